The minimum absolute atomic E-state index is 0.0623. The number of hydrogen-bond acceptors (Lipinski definition) is 6. The van der Waals surface area contributed by atoms with Crippen molar-refractivity contribution in [1.82, 2.24) is 0 Å². The molecule has 0 bridgehead atoms. The van der Waals surface area contributed by atoms with E-state index in [1.807, 2.05) is 13.0 Å². The predicted molar refractivity (Wildman–Crippen MR) is 74.3 cm³/mol. The Bertz CT molecular complexity index is 788. The zero-order valence-electron chi connectivity index (χ0n) is 10.8. The Hall–Kier alpha value is -3.16. The van der Waals surface area contributed by atoms with Crippen molar-refractivity contribution in [2.75, 3.05) is 5.32 Å². The maximum atomic E-state index is 11.1. The topological polar surface area (TPSA) is 108 Å². The highest BCUT2D eigenvalue weighted by Crippen LogP contribution is 2.48. The third kappa shape index (κ3) is 2.12. The molecule has 21 heavy (non-hydrogen) atoms. The summed E-state index contributed by atoms with van der Waals surface area (Å²) in [6, 6.07) is 7.38. The molecule has 0 radical (unpaired) electrons. The lowest BCUT2D eigenvalue weighted by molar-refractivity contribution is -0.393. The first-order chi connectivity index (χ1) is 9.95. The van der Waals surface area contributed by atoms with Crippen molar-refractivity contribution in [2.24, 2.45) is 0 Å². The fraction of sp³-hybridized carbons (Fsp3) is 0.0769. The number of fused-ring (bicyclic) bond motifs is 2. The third-order valence-electron chi connectivity index (χ3n) is 3.09. The van der Waals surface area contributed by atoms with Gasteiger partial charge in [-0.2, -0.15) is 0 Å². The van der Waals surface area contributed by atoms with Gasteiger partial charge in [-0.25, -0.2) is 0 Å². The maximum Gasteiger partial charge on any atom is 0.303 e. The summed E-state index contributed by atoms with van der Waals surface area (Å²) in [5.41, 5.74) is 0.866. The van der Waals surface area contributed by atoms with Crippen LogP contribution < -0.4 is 10.1 Å². The number of nitrogens with zero attached hydrogens (tertiary/aromatic N) is 2. The van der Waals surface area contributed by atoms with Crippen LogP contribution in [0, 0.1) is 27.2 Å². The second-order valence-electron chi connectivity index (χ2n) is 4.58. The Morgan fingerprint density at radius 3 is 2.48 bits per heavy atom. The zero-order valence-corrected chi connectivity index (χ0v) is 10.8. The van der Waals surface area contributed by atoms with Crippen LogP contribution in [0.15, 0.2) is 30.3 Å². The number of nitro groups is 2. The number of rotatable bonds is 2. The molecule has 106 valence electrons. The Labute approximate surface area is 118 Å². The van der Waals surface area contributed by atoms with Crippen LogP contribution >= 0.6 is 0 Å². The molecule has 0 spiro atoms. The summed E-state index contributed by atoms with van der Waals surface area (Å²) < 4.78 is 5.54. The van der Waals surface area contributed by atoms with E-state index in [1.165, 1.54) is 0 Å². The molecule has 1 aliphatic rings. The van der Waals surface area contributed by atoms with Crippen molar-refractivity contribution in [3.05, 3.63) is 56.1 Å². The van der Waals surface area contributed by atoms with Crippen molar-refractivity contribution in [2.45, 2.75) is 6.92 Å². The minimum atomic E-state index is -0.693. The van der Waals surface area contributed by atoms with Gasteiger partial charge in [0.15, 0.2) is 17.2 Å². The highest BCUT2D eigenvalue weighted by molar-refractivity contribution is 5.83. The number of aryl methyl sites for hydroxylation is 1. The van der Waals surface area contributed by atoms with Gasteiger partial charge in [0, 0.05) is 0 Å². The predicted octanol–water partition coefficient (Wildman–Crippen LogP) is 3.66. The largest absolute Gasteiger partial charge is 0.452 e. The molecule has 0 aromatic heterocycles. The molecule has 0 fully saturated rings. The number of benzene rings is 2. The molecule has 8 heteroatoms. The van der Waals surface area contributed by atoms with Crippen molar-refractivity contribution in [3.63, 3.8) is 0 Å². The van der Waals surface area contributed by atoms with Crippen molar-refractivity contribution in [3.8, 4) is 11.5 Å². The lowest BCUT2D eigenvalue weighted by Crippen LogP contribution is -2.06. The summed E-state index contributed by atoms with van der Waals surface area (Å²) in [4.78, 5) is 20.6. The lowest BCUT2D eigenvalue weighted by atomic mass is 10.1. The summed E-state index contributed by atoms with van der Waals surface area (Å²) >= 11 is 0. The highest BCUT2D eigenvalue weighted by atomic mass is 16.6. The molecule has 0 atom stereocenters. The van der Waals surface area contributed by atoms with Gasteiger partial charge in [-0.15, -0.1) is 0 Å². The molecule has 0 unspecified atom stereocenters. The van der Waals surface area contributed by atoms with Gasteiger partial charge in [0.05, 0.1) is 27.7 Å². The first-order valence-corrected chi connectivity index (χ1v) is 5.98. The van der Waals surface area contributed by atoms with E-state index >= 15 is 0 Å². The number of anilines is 2. The molecule has 3 rings (SSSR count). The summed E-state index contributed by atoms with van der Waals surface area (Å²) in [5.74, 6) is 0.523. The maximum absolute atomic E-state index is 11.1. The van der Waals surface area contributed by atoms with E-state index < -0.39 is 21.2 Å². The quantitative estimate of drug-likeness (QED) is 0.569. The molecule has 1 aliphatic heterocycles. The van der Waals surface area contributed by atoms with Crippen molar-refractivity contribution < 1.29 is 14.6 Å². The van der Waals surface area contributed by atoms with E-state index in [0.29, 0.717) is 11.4 Å². The molecular weight excluding hydrogens is 278 g/mol. The average molecular weight is 287 g/mol. The van der Waals surface area contributed by atoms with Gasteiger partial charge in [0.2, 0.25) is 0 Å². The molecule has 2 aromatic rings. The molecule has 0 saturated carbocycles. The second-order valence-corrected chi connectivity index (χ2v) is 4.58. The number of hydrogen-bond donors (Lipinski definition) is 1. The summed E-state index contributed by atoms with van der Waals surface area (Å²) in [6.07, 6.45) is 0. The highest BCUT2D eigenvalue weighted by Gasteiger charge is 2.29. The van der Waals surface area contributed by atoms with Crippen molar-refractivity contribution >= 4 is 22.7 Å². The summed E-state index contributed by atoms with van der Waals surface area (Å²) in [5, 5.41) is 24.9. The molecular formula is C13H9N3O5. The van der Waals surface area contributed by atoms with Gasteiger partial charge in [-0.05, 0) is 24.6 Å². The monoisotopic (exact) mass is 287 g/mol. The van der Waals surface area contributed by atoms with E-state index in [2.05, 4.69) is 5.32 Å². The van der Waals surface area contributed by atoms with Gasteiger partial charge in [0.25, 0.3) is 5.69 Å². The number of nitrogens with one attached hydrogen (secondary N) is 1. The molecule has 1 heterocycles. The van der Waals surface area contributed by atoms with Crippen LogP contribution in [0.5, 0.6) is 11.5 Å². The van der Waals surface area contributed by atoms with Crippen LogP contribution in [0.1, 0.15) is 5.56 Å². The van der Waals surface area contributed by atoms with Gasteiger partial charge in [0.1, 0.15) is 0 Å². The van der Waals surface area contributed by atoms with Gasteiger partial charge >= 0.3 is 5.69 Å². The van der Waals surface area contributed by atoms with Gasteiger partial charge in [-0.3, -0.25) is 20.2 Å². The number of non-ortho nitro benzene ring substituents is 1. The first kappa shape index (κ1) is 12.9. The van der Waals surface area contributed by atoms with E-state index in [0.717, 1.165) is 17.7 Å². The Morgan fingerprint density at radius 1 is 1.05 bits per heavy atom. The SMILES string of the molecule is Cc1ccc2c(c1)Nc1c(cc([N+](=O)[O-])cc1[N+](=O)[O-])O2. The number of ether oxygens (including phenoxy) is 1. The average Bonchev–Trinajstić information content (AvgIpc) is 2.43. The fourth-order valence-corrected chi connectivity index (χ4v) is 2.13. The standard InChI is InChI=1S/C13H9N3O5/c1-7-2-3-11-9(4-7)14-13-10(16(19)20)5-8(15(17)18)6-12(13)21-11/h2-6,14H,1H3. The van der Waals surface area contributed by atoms with Crippen LogP contribution in [0.4, 0.5) is 22.7 Å². The van der Waals surface area contributed by atoms with Crippen LogP contribution in [-0.2, 0) is 0 Å². The second kappa shape index (κ2) is 4.44. The summed E-state index contributed by atoms with van der Waals surface area (Å²) in [7, 11) is 0. The normalized spacial score (nSPS) is 11.7. The molecule has 2 aromatic carbocycles. The van der Waals surface area contributed by atoms with Crippen LogP contribution in [0.3, 0.4) is 0 Å². The van der Waals surface area contributed by atoms with Crippen molar-refractivity contribution in [1.29, 1.82) is 0 Å². The zero-order chi connectivity index (χ0) is 15.1. The lowest BCUT2D eigenvalue weighted by Gasteiger charge is -2.21. The molecule has 1 N–H and O–H groups in total. The van der Waals surface area contributed by atoms with Crippen LogP contribution in [0.25, 0.3) is 0 Å². The Kier molecular flexibility index (Phi) is 2.72. The molecule has 8 nitrogen and oxygen atoms in total. The molecule has 0 saturated heterocycles. The Morgan fingerprint density at radius 2 is 1.81 bits per heavy atom. The molecule has 0 aliphatic carbocycles. The van der Waals surface area contributed by atoms with E-state index in [-0.39, 0.29) is 11.4 Å². The van der Waals surface area contributed by atoms with E-state index in [1.54, 1.807) is 12.1 Å². The first-order valence-electron chi connectivity index (χ1n) is 5.98. The minimum Gasteiger partial charge on any atom is -0.452 e. The van der Waals surface area contributed by atoms with E-state index in [9.17, 15) is 20.2 Å². The summed E-state index contributed by atoms with van der Waals surface area (Å²) in [6.45, 7) is 1.88. The fourth-order valence-electron chi connectivity index (χ4n) is 2.13. The van der Waals surface area contributed by atoms with Gasteiger partial charge in [-0.1, -0.05) is 6.07 Å². The number of nitro benzene ring substituents is 2. The van der Waals surface area contributed by atoms with Gasteiger partial charge < -0.3 is 10.1 Å². The molecule has 0 amide bonds. The Balaban J connectivity index is 2.18. The van der Waals surface area contributed by atoms with Crippen LogP contribution in [-0.4, -0.2) is 9.85 Å². The smallest absolute Gasteiger partial charge is 0.303 e. The van der Waals surface area contributed by atoms with E-state index in [4.69, 9.17) is 4.74 Å². The van der Waals surface area contributed by atoms with Crippen LogP contribution in [0.2, 0.25) is 0 Å². The third-order valence-corrected chi connectivity index (χ3v) is 3.09.